The summed E-state index contributed by atoms with van der Waals surface area (Å²) in [5, 5.41) is 3.57. The van der Waals surface area contributed by atoms with Crippen LogP contribution in [0.1, 0.15) is 41.0 Å². The van der Waals surface area contributed by atoms with E-state index in [2.05, 4.69) is 49.7 Å². The number of hydrogen-bond acceptors (Lipinski definition) is 4. The largest absolute Gasteiger partial charge is 0.383 e. The molecule has 0 rings (SSSR count). The molecule has 0 bridgehead atoms. The highest BCUT2D eigenvalue weighted by molar-refractivity contribution is 4.74. The van der Waals surface area contributed by atoms with Crippen LogP contribution in [0.3, 0.4) is 0 Å². The molecule has 1 unspecified atom stereocenters. The van der Waals surface area contributed by atoms with E-state index < -0.39 is 0 Å². The highest BCUT2D eigenvalue weighted by Crippen LogP contribution is 2.03. The Morgan fingerprint density at radius 2 is 1.62 bits per heavy atom. The first-order chi connectivity index (χ1) is 10.1. The molecule has 1 atom stereocenters. The van der Waals surface area contributed by atoms with Crippen LogP contribution in [0.25, 0.3) is 0 Å². The van der Waals surface area contributed by atoms with Gasteiger partial charge in [0.25, 0.3) is 0 Å². The molecule has 4 nitrogen and oxygen atoms in total. The Kier molecular flexibility index (Phi) is 13.4. The second kappa shape index (κ2) is 13.5. The van der Waals surface area contributed by atoms with E-state index in [0.717, 1.165) is 45.9 Å². The number of methoxy groups -OCH3 is 1. The molecule has 0 saturated heterocycles. The minimum atomic E-state index is 0.482. The molecule has 4 heteroatoms. The maximum Gasteiger partial charge on any atom is 0.0630 e. The normalized spacial score (nSPS) is 13.6. The number of ether oxygens (including phenoxy) is 1. The van der Waals surface area contributed by atoms with Crippen molar-refractivity contribution in [2.45, 2.75) is 47.1 Å². The molecule has 0 aliphatic heterocycles. The molecule has 1 N–H and O–H groups in total. The molecule has 0 aromatic heterocycles. The Morgan fingerprint density at radius 1 is 0.952 bits per heavy atom. The first kappa shape index (κ1) is 20.8. The average Bonchev–Trinajstić information content (AvgIpc) is 2.47. The van der Waals surface area contributed by atoms with Gasteiger partial charge in [-0.15, -0.1) is 0 Å². The van der Waals surface area contributed by atoms with E-state index in [1.807, 2.05) is 0 Å². The van der Waals surface area contributed by atoms with Gasteiger partial charge >= 0.3 is 0 Å². The number of nitrogens with one attached hydrogen (secondary N) is 1. The van der Waals surface area contributed by atoms with Crippen molar-refractivity contribution >= 4 is 0 Å². The van der Waals surface area contributed by atoms with Crippen molar-refractivity contribution in [3.63, 3.8) is 0 Å². The summed E-state index contributed by atoms with van der Waals surface area (Å²) in [6.45, 7) is 19.9. The second-order valence-electron chi connectivity index (χ2n) is 6.17. The summed E-state index contributed by atoms with van der Waals surface area (Å²) >= 11 is 0. The summed E-state index contributed by atoms with van der Waals surface area (Å²) < 4.78 is 5.42. The first-order valence-electron chi connectivity index (χ1n) is 8.74. The fraction of sp³-hybridized carbons (Fsp3) is 1.00. The van der Waals surface area contributed by atoms with Gasteiger partial charge in [0, 0.05) is 19.7 Å². The highest BCUT2D eigenvalue weighted by atomic mass is 16.5. The lowest BCUT2D eigenvalue weighted by Crippen LogP contribution is -2.46. The predicted molar refractivity (Wildman–Crippen MR) is 93.0 cm³/mol. The standard InChI is InChI=1S/C17H39N3O/c1-7-19(8-2)11-10-12-20(9-3)17(15-21-6)14-18-13-16(4)5/h16-18H,7-15H2,1-6H3. The van der Waals surface area contributed by atoms with Gasteiger partial charge < -0.3 is 15.0 Å². The van der Waals surface area contributed by atoms with Gasteiger partial charge in [-0.05, 0) is 51.6 Å². The molecule has 0 saturated carbocycles. The SMILES string of the molecule is CCN(CC)CCCN(CC)C(CNCC(C)C)COC. The molecular weight excluding hydrogens is 262 g/mol. The van der Waals surface area contributed by atoms with E-state index in [1.165, 1.54) is 13.0 Å². The van der Waals surface area contributed by atoms with Crippen LogP contribution >= 0.6 is 0 Å². The predicted octanol–water partition coefficient (Wildman–Crippen LogP) is 2.30. The maximum absolute atomic E-state index is 5.42. The van der Waals surface area contributed by atoms with Crippen molar-refractivity contribution in [3.05, 3.63) is 0 Å². The first-order valence-corrected chi connectivity index (χ1v) is 8.74. The Labute approximate surface area is 133 Å². The lowest BCUT2D eigenvalue weighted by molar-refractivity contribution is 0.0888. The van der Waals surface area contributed by atoms with Crippen LogP contribution in [-0.2, 0) is 4.74 Å². The third kappa shape index (κ3) is 10.2. The van der Waals surface area contributed by atoms with Crippen molar-refractivity contribution in [1.82, 2.24) is 15.1 Å². The van der Waals surface area contributed by atoms with Crippen LogP contribution in [0.2, 0.25) is 0 Å². The van der Waals surface area contributed by atoms with Gasteiger partial charge in [-0.25, -0.2) is 0 Å². The van der Waals surface area contributed by atoms with E-state index in [-0.39, 0.29) is 0 Å². The zero-order valence-electron chi connectivity index (χ0n) is 15.3. The lowest BCUT2D eigenvalue weighted by Gasteiger charge is -2.31. The average molecular weight is 302 g/mol. The second-order valence-corrected chi connectivity index (χ2v) is 6.17. The Morgan fingerprint density at radius 3 is 2.10 bits per heavy atom. The number of hydrogen-bond donors (Lipinski definition) is 1. The van der Waals surface area contributed by atoms with Crippen LogP contribution in [-0.4, -0.2) is 75.4 Å². The molecule has 21 heavy (non-hydrogen) atoms. The smallest absolute Gasteiger partial charge is 0.0630 e. The summed E-state index contributed by atoms with van der Waals surface area (Å²) in [5.41, 5.74) is 0. The summed E-state index contributed by atoms with van der Waals surface area (Å²) in [6, 6.07) is 0.482. The number of nitrogens with zero attached hydrogens (tertiary/aromatic N) is 2. The number of likely N-dealkylation sites (N-methyl/N-ethyl adjacent to an activating group) is 1. The van der Waals surface area contributed by atoms with E-state index in [1.54, 1.807) is 7.11 Å². The summed E-state index contributed by atoms with van der Waals surface area (Å²) in [6.07, 6.45) is 1.24. The van der Waals surface area contributed by atoms with Gasteiger partial charge in [-0.1, -0.05) is 34.6 Å². The van der Waals surface area contributed by atoms with Gasteiger partial charge in [0.15, 0.2) is 0 Å². The molecule has 0 amide bonds. The zero-order chi connectivity index (χ0) is 16.1. The Balaban J connectivity index is 4.19. The maximum atomic E-state index is 5.42. The number of rotatable bonds is 14. The molecule has 0 fully saturated rings. The highest BCUT2D eigenvalue weighted by Gasteiger charge is 2.16. The van der Waals surface area contributed by atoms with Crippen LogP contribution in [0.4, 0.5) is 0 Å². The topological polar surface area (TPSA) is 27.7 Å². The Bertz CT molecular complexity index is 220. The lowest BCUT2D eigenvalue weighted by atomic mass is 10.2. The van der Waals surface area contributed by atoms with E-state index in [9.17, 15) is 0 Å². The van der Waals surface area contributed by atoms with Gasteiger partial charge in [0.2, 0.25) is 0 Å². The van der Waals surface area contributed by atoms with Crippen LogP contribution in [0.5, 0.6) is 0 Å². The quantitative estimate of drug-likeness (QED) is 0.533. The van der Waals surface area contributed by atoms with Crippen molar-refractivity contribution in [2.24, 2.45) is 5.92 Å². The van der Waals surface area contributed by atoms with E-state index >= 15 is 0 Å². The summed E-state index contributed by atoms with van der Waals surface area (Å²) in [7, 11) is 1.80. The van der Waals surface area contributed by atoms with Crippen molar-refractivity contribution in [1.29, 1.82) is 0 Å². The fourth-order valence-corrected chi connectivity index (χ4v) is 2.66. The van der Waals surface area contributed by atoms with Crippen molar-refractivity contribution in [2.75, 3.05) is 59.5 Å². The molecule has 0 aliphatic carbocycles. The molecule has 0 spiro atoms. The molecular formula is C17H39N3O. The molecule has 0 heterocycles. The monoisotopic (exact) mass is 301 g/mol. The van der Waals surface area contributed by atoms with Crippen LogP contribution in [0, 0.1) is 5.92 Å². The Hall–Kier alpha value is -0.160. The fourth-order valence-electron chi connectivity index (χ4n) is 2.66. The summed E-state index contributed by atoms with van der Waals surface area (Å²) in [5.74, 6) is 0.700. The third-order valence-corrected chi connectivity index (χ3v) is 4.03. The van der Waals surface area contributed by atoms with E-state index in [4.69, 9.17) is 4.74 Å². The summed E-state index contributed by atoms with van der Waals surface area (Å²) in [4.78, 5) is 5.05. The minimum absolute atomic E-state index is 0.482. The van der Waals surface area contributed by atoms with Gasteiger partial charge in [-0.3, -0.25) is 4.90 Å². The van der Waals surface area contributed by atoms with E-state index in [0.29, 0.717) is 12.0 Å². The minimum Gasteiger partial charge on any atom is -0.383 e. The third-order valence-electron chi connectivity index (χ3n) is 4.03. The van der Waals surface area contributed by atoms with Gasteiger partial charge in [0.05, 0.1) is 6.61 Å². The van der Waals surface area contributed by atoms with Crippen molar-refractivity contribution < 1.29 is 4.74 Å². The molecule has 0 aromatic rings. The van der Waals surface area contributed by atoms with Crippen molar-refractivity contribution in [3.8, 4) is 0 Å². The molecule has 0 aromatic carbocycles. The molecule has 0 radical (unpaired) electrons. The van der Waals surface area contributed by atoms with Crippen LogP contribution in [0.15, 0.2) is 0 Å². The van der Waals surface area contributed by atoms with Gasteiger partial charge in [0.1, 0.15) is 0 Å². The molecule has 0 aliphatic rings. The van der Waals surface area contributed by atoms with Gasteiger partial charge in [-0.2, -0.15) is 0 Å². The molecule has 128 valence electrons. The van der Waals surface area contributed by atoms with Crippen LogP contribution < -0.4 is 5.32 Å². The zero-order valence-corrected chi connectivity index (χ0v) is 15.3.